The normalized spacial score (nSPS) is 17.2. The molecule has 4 heteroatoms. The van der Waals surface area contributed by atoms with Crippen LogP contribution in [0, 0.1) is 5.82 Å². The third-order valence-electron chi connectivity index (χ3n) is 4.03. The first-order valence-corrected chi connectivity index (χ1v) is 7.47. The Balaban J connectivity index is 1.72. The van der Waals surface area contributed by atoms with Crippen LogP contribution in [0.1, 0.15) is 30.1 Å². The third kappa shape index (κ3) is 3.02. The van der Waals surface area contributed by atoms with E-state index in [1.165, 1.54) is 12.1 Å². The van der Waals surface area contributed by atoms with Gasteiger partial charge < -0.3 is 10.0 Å². The van der Waals surface area contributed by atoms with E-state index in [-0.39, 0.29) is 11.7 Å². The molecule has 0 radical (unpaired) electrons. The molecule has 2 aromatic carbocycles. The molecule has 1 N–H and O–H groups in total. The van der Waals surface area contributed by atoms with Gasteiger partial charge in [-0.05, 0) is 36.6 Å². The van der Waals surface area contributed by atoms with Crippen molar-refractivity contribution in [2.75, 3.05) is 11.4 Å². The van der Waals surface area contributed by atoms with E-state index in [4.69, 9.17) is 0 Å². The van der Waals surface area contributed by atoms with E-state index in [0.29, 0.717) is 25.8 Å². The molecule has 3 nitrogen and oxygen atoms in total. The minimum absolute atomic E-state index is 0.00334. The number of carbonyl (C=O) groups excluding carboxylic acids is 1. The number of hydrogen-bond donors (Lipinski definition) is 1. The first-order chi connectivity index (χ1) is 10.6. The lowest BCUT2D eigenvalue weighted by Crippen LogP contribution is -2.36. The predicted molar refractivity (Wildman–Crippen MR) is 83.1 cm³/mol. The third-order valence-corrected chi connectivity index (χ3v) is 4.03. The quantitative estimate of drug-likeness (QED) is 0.945. The van der Waals surface area contributed by atoms with Crippen molar-refractivity contribution in [3.63, 3.8) is 0 Å². The maximum atomic E-state index is 13.2. The minimum atomic E-state index is -0.511. The number of carbonyl (C=O) groups is 1. The number of nitrogens with zero attached hydrogens (tertiary/aromatic N) is 1. The highest BCUT2D eigenvalue weighted by atomic mass is 19.1. The molecule has 1 aliphatic heterocycles. The molecule has 1 amide bonds. The van der Waals surface area contributed by atoms with Gasteiger partial charge in [-0.15, -0.1) is 0 Å². The van der Waals surface area contributed by atoms with E-state index < -0.39 is 6.10 Å². The van der Waals surface area contributed by atoms with Gasteiger partial charge in [0.2, 0.25) is 5.91 Å². The molecule has 114 valence electrons. The van der Waals surface area contributed by atoms with Crippen LogP contribution >= 0.6 is 0 Å². The number of para-hydroxylation sites is 1. The zero-order valence-corrected chi connectivity index (χ0v) is 12.2. The number of anilines is 1. The Bertz CT molecular complexity index is 686. The van der Waals surface area contributed by atoms with Crippen LogP contribution < -0.4 is 4.90 Å². The zero-order valence-electron chi connectivity index (χ0n) is 12.2. The number of aliphatic hydroxyl groups excluding tert-OH is 1. The van der Waals surface area contributed by atoms with Gasteiger partial charge in [-0.1, -0.05) is 30.3 Å². The molecule has 1 heterocycles. The topological polar surface area (TPSA) is 40.5 Å². The van der Waals surface area contributed by atoms with Gasteiger partial charge in [0.25, 0.3) is 0 Å². The lowest BCUT2D eigenvalue weighted by Gasteiger charge is -2.32. The summed E-state index contributed by atoms with van der Waals surface area (Å²) >= 11 is 0. The molecule has 0 aromatic heterocycles. The van der Waals surface area contributed by atoms with Crippen molar-refractivity contribution in [1.82, 2.24) is 0 Å². The van der Waals surface area contributed by atoms with E-state index in [2.05, 4.69) is 0 Å². The Kier molecular flexibility index (Phi) is 4.20. The number of aryl methyl sites for hydroxylation is 1. The van der Waals surface area contributed by atoms with E-state index in [9.17, 15) is 14.3 Å². The standard InChI is InChI=1S/C18H18FNO2/c19-14-5-3-4-13(12-14)8-9-18(22)20-11-10-17(21)15-6-1-2-7-16(15)20/h1-7,12,17,21H,8-11H2. The number of hydrogen-bond acceptors (Lipinski definition) is 2. The van der Waals surface area contributed by atoms with Gasteiger partial charge >= 0.3 is 0 Å². The molecule has 0 spiro atoms. The van der Waals surface area contributed by atoms with E-state index in [1.54, 1.807) is 11.0 Å². The second-order valence-corrected chi connectivity index (χ2v) is 5.54. The average molecular weight is 299 g/mol. The van der Waals surface area contributed by atoms with Crippen LogP contribution in [-0.2, 0) is 11.2 Å². The second-order valence-electron chi connectivity index (χ2n) is 5.54. The number of benzene rings is 2. The van der Waals surface area contributed by atoms with E-state index in [0.717, 1.165) is 16.8 Å². The fraction of sp³-hybridized carbons (Fsp3) is 0.278. The molecule has 0 fully saturated rings. The highest BCUT2D eigenvalue weighted by molar-refractivity contribution is 5.94. The number of fused-ring (bicyclic) bond motifs is 1. The first kappa shape index (κ1) is 14.7. The number of halogens is 1. The largest absolute Gasteiger partial charge is 0.388 e. The van der Waals surface area contributed by atoms with Crippen LogP contribution in [0.15, 0.2) is 48.5 Å². The Labute approximate surface area is 129 Å². The molecular weight excluding hydrogens is 281 g/mol. The SMILES string of the molecule is O=C(CCc1cccc(F)c1)N1CCC(O)c2ccccc21. The van der Waals surface area contributed by atoms with Crippen molar-refractivity contribution >= 4 is 11.6 Å². The average Bonchev–Trinajstić information content (AvgIpc) is 2.53. The van der Waals surface area contributed by atoms with Crippen molar-refractivity contribution in [2.45, 2.75) is 25.4 Å². The molecule has 0 aliphatic carbocycles. The highest BCUT2D eigenvalue weighted by Crippen LogP contribution is 2.33. The highest BCUT2D eigenvalue weighted by Gasteiger charge is 2.26. The van der Waals surface area contributed by atoms with Crippen LogP contribution in [-0.4, -0.2) is 17.6 Å². The molecule has 3 rings (SSSR count). The van der Waals surface area contributed by atoms with Gasteiger partial charge in [-0.3, -0.25) is 4.79 Å². The van der Waals surface area contributed by atoms with E-state index >= 15 is 0 Å². The summed E-state index contributed by atoms with van der Waals surface area (Å²) in [4.78, 5) is 14.2. The van der Waals surface area contributed by atoms with Crippen molar-refractivity contribution in [3.05, 3.63) is 65.5 Å². The molecule has 1 aliphatic rings. The molecular formula is C18H18FNO2. The van der Waals surface area contributed by atoms with Crippen LogP contribution in [0.3, 0.4) is 0 Å². The van der Waals surface area contributed by atoms with Crippen molar-refractivity contribution in [2.24, 2.45) is 0 Å². The first-order valence-electron chi connectivity index (χ1n) is 7.47. The van der Waals surface area contributed by atoms with Crippen LogP contribution in [0.5, 0.6) is 0 Å². The lowest BCUT2D eigenvalue weighted by atomic mass is 9.98. The Morgan fingerprint density at radius 1 is 1.23 bits per heavy atom. The molecule has 22 heavy (non-hydrogen) atoms. The fourth-order valence-electron chi connectivity index (χ4n) is 2.88. The van der Waals surface area contributed by atoms with Crippen LogP contribution in [0.4, 0.5) is 10.1 Å². The number of amides is 1. The van der Waals surface area contributed by atoms with Crippen LogP contribution in [0.25, 0.3) is 0 Å². The summed E-state index contributed by atoms with van der Waals surface area (Å²) in [6.45, 7) is 0.514. The molecule has 0 bridgehead atoms. The monoisotopic (exact) mass is 299 g/mol. The molecule has 0 saturated heterocycles. The van der Waals surface area contributed by atoms with Crippen molar-refractivity contribution in [3.8, 4) is 0 Å². The Morgan fingerprint density at radius 2 is 2.05 bits per heavy atom. The van der Waals surface area contributed by atoms with Crippen LogP contribution in [0.2, 0.25) is 0 Å². The maximum absolute atomic E-state index is 13.2. The van der Waals surface area contributed by atoms with Crippen molar-refractivity contribution < 1.29 is 14.3 Å². The Hall–Kier alpha value is -2.20. The van der Waals surface area contributed by atoms with E-state index in [1.807, 2.05) is 30.3 Å². The molecule has 1 unspecified atom stereocenters. The Morgan fingerprint density at radius 3 is 2.86 bits per heavy atom. The van der Waals surface area contributed by atoms with Gasteiger partial charge in [-0.2, -0.15) is 0 Å². The number of aliphatic hydroxyl groups is 1. The minimum Gasteiger partial charge on any atom is -0.388 e. The van der Waals surface area contributed by atoms with Gasteiger partial charge in [0.15, 0.2) is 0 Å². The smallest absolute Gasteiger partial charge is 0.227 e. The van der Waals surface area contributed by atoms with Gasteiger partial charge in [0.1, 0.15) is 5.82 Å². The lowest BCUT2D eigenvalue weighted by molar-refractivity contribution is -0.118. The summed E-state index contributed by atoms with van der Waals surface area (Å²) < 4.78 is 13.2. The summed E-state index contributed by atoms with van der Waals surface area (Å²) in [5.41, 5.74) is 2.40. The summed E-state index contributed by atoms with van der Waals surface area (Å²) in [5.74, 6) is -0.278. The molecule has 1 atom stereocenters. The second kappa shape index (κ2) is 6.28. The summed E-state index contributed by atoms with van der Waals surface area (Å²) in [6.07, 6.45) is 0.873. The number of rotatable bonds is 3. The van der Waals surface area contributed by atoms with Gasteiger partial charge in [-0.25, -0.2) is 4.39 Å². The van der Waals surface area contributed by atoms with Gasteiger partial charge in [0, 0.05) is 24.2 Å². The summed E-state index contributed by atoms with van der Waals surface area (Å²) in [7, 11) is 0. The molecule has 0 saturated carbocycles. The zero-order chi connectivity index (χ0) is 15.5. The van der Waals surface area contributed by atoms with Gasteiger partial charge in [0.05, 0.1) is 6.10 Å². The predicted octanol–water partition coefficient (Wildman–Crippen LogP) is 3.23. The fourth-order valence-corrected chi connectivity index (χ4v) is 2.88. The summed E-state index contributed by atoms with van der Waals surface area (Å²) in [6, 6.07) is 13.8. The maximum Gasteiger partial charge on any atom is 0.227 e. The molecule has 2 aromatic rings. The van der Waals surface area contributed by atoms with Crippen molar-refractivity contribution in [1.29, 1.82) is 0 Å². The summed E-state index contributed by atoms with van der Waals surface area (Å²) in [5, 5.41) is 10.0.